The molecule has 2 heterocycles. The molecule has 3 rings (SSSR count). The van der Waals surface area contributed by atoms with Gasteiger partial charge in [0.05, 0.1) is 6.26 Å². The minimum Gasteiger partial charge on any atom is -0.325 e. The molecule has 0 unspecified atom stereocenters. The van der Waals surface area contributed by atoms with Gasteiger partial charge in [0.25, 0.3) is 0 Å². The lowest BCUT2D eigenvalue weighted by atomic mass is 9.76. The molecule has 5 nitrogen and oxygen atoms in total. The lowest BCUT2D eigenvalue weighted by Crippen LogP contribution is -2.63. The summed E-state index contributed by atoms with van der Waals surface area (Å²) in [6.45, 7) is 0.489. The molecule has 1 saturated heterocycles. The van der Waals surface area contributed by atoms with Crippen molar-refractivity contribution in [3.63, 3.8) is 0 Å². The number of amides is 1. The Morgan fingerprint density at radius 2 is 1.94 bits per heavy atom. The summed E-state index contributed by atoms with van der Waals surface area (Å²) in [6.07, 6.45) is 1.17. The average Bonchev–Trinajstić information content (AvgIpc) is 2.45. The van der Waals surface area contributed by atoms with Crippen molar-refractivity contribution in [1.82, 2.24) is 4.31 Å². The Labute approximate surface area is 99.5 Å². The fraction of sp³-hybridized carbons (Fsp3) is 0.364. The zero-order valence-corrected chi connectivity index (χ0v) is 10.1. The molecule has 0 saturated carbocycles. The first-order valence-corrected chi connectivity index (χ1v) is 7.14. The van der Waals surface area contributed by atoms with Crippen molar-refractivity contribution >= 4 is 21.6 Å². The van der Waals surface area contributed by atoms with Gasteiger partial charge in [0, 0.05) is 18.8 Å². The standard InChI is InChI=1S/C11H12N2O3S/c1-17(15,16)13-6-11(7-13)8-4-2-3-5-9(8)12-10(11)14/h2-5H,6-7H2,1H3,(H,12,14). The molecule has 1 aromatic rings. The molecule has 0 radical (unpaired) electrons. The topological polar surface area (TPSA) is 66.5 Å². The molecule has 1 fully saturated rings. The second-order valence-electron chi connectivity index (χ2n) is 4.61. The highest BCUT2D eigenvalue weighted by Gasteiger charge is 2.57. The van der Waals surface area contributed by atoms with Crippen molar-refractivity contribution in [2.45, 2.75) is 5.41 Å². The van der Waals surface area contributed by atoms with Gasteiger partial charge in [-0.1, -0.05) is 18.2 Å². The molecule has 2 aliphatic rings. The van der Waals surface area contributed by atoms with Crippen LogP contribution in [0.15, 0.2) is 24.3 Å². The maximum Gasteiger partial charge on any atom is 0.237 e. The molecule has 1 amide bonds. The van der Waals surface area contributed by atoms with Gasteiger partial charge >= 0.3 is 0 Å². The van der Waals surface area contributed by atoms with Crippen molar-refractivity contribution in [2.24, 2.45) is 0 Å². The molecular weight excluding hydrogens is 240 g/mol. The van der Waals surface area contributed by atoms with E-state index in [2.05, 4.69) is 5.32 Å². The minimum atomic E-state index is -3.20. The predicted molar refractivity (Wildman–Crippen MR) is 63.2 cm³/mol. The number of rotatable bonds is 1. The molecule has 0 aliphatic carbocycles. The van der Waals surface area contributed by atoms with Crippen molar-refractivity contribution in [3.8, 4) is 0 Å². The van der Waals surface area contributed by atoms with Crippen LogP contribution >= 0.6 is 0 Å². The Kier molecular flexibility index (Phi) is 1.95. The Morgan fingerprint density at radius 3 is 2.59 bits per heavy atom. The van der Waals surface area contributed by atoms with E-state index in [9.17, 15) is 13.2 Å². The van der Waals surface area contributed by atoms with Gasteiger partial charge in [-0.3, -0.25) is 4.79 Å². The van der Waals surface area contributed by atoms with Crippen LogP contribution in [-0.4, -0.2) is 38.0 Å². The van der Waals surface area contributed by atoms with Gasteiger partial charge < -0.3 is 5.32 Å². The molecule has 1 spiro atoms. The third-order valence-electron chi connectivity index (χ3n) is 3.49. The normalized spacial score (nSPS) is 22.1. The van der Waals surface area contributed by atoms with E-state index in [1.165, 1.54) is 10.6 Å². The van der Waals surface area contributed by atoms with Crippen molar-refractivity contribution in [1.29, 1.82) is 0 Å². The molecule has 0 aromatic heterocycles. The molecule has 90 valence electrons. The summed E-state index contributed by atoms with van der Waals surface area (Å²) in [7, 11) is -3.20. The van der Waals surface area contributed by atoms with Gasteiger partial charge in [-0.2, -0.15) is 4.31 Å². The van der Waals surface area contributed by atoms with E-state index in [-0.39, 0.29) is 19.0 Å². The fourth-order valence-corrected chi connectivity index (χ4v) is 3.39. The van der Waals surface area contributed by atoms with Crippen LogP contribution in [-0.2, 0) is 20.2 Å². The number of carbonyl (C=O) groups is 1. The number of fused-ring (bicyclic) bond motifs is 2. The van der Waals surface area contributed by atoms with Crippen LogP contribution in [0.2, 0.25) is 0 Å². The third-order valence-corrected chi connectivity index (χ3v) is 4.68. The van der Waals surface area contributed by atoms with E-state index in [0.29, 0.717) is 0 Å². The molecule has 1 aromatic carbocycles. The first kappa shape index (κ1) is 10.7. The second kappa shape index (κ2) is 3.08. The summed E-state index contributed by atoms with van der Waals surface area (Å²) in [5.74, 6) is -0.0985. The second-order valence-corrected chi connectivity index (χ2v) is 6.60. The first-order valence-electron chi connectivity index (χ1n) is 5.30. The summed E-state index contributed by atoms with van der Waals surface area (Å²) in [5.41, 5.74) is 1.04. The van der Waals surface area contributed by atoms with Crippen LogP contribution in [0.25, 0.3) is 0 Å². The molecular formula is C11H12N2O3S. The number of hydrogen-bond acceptors (Lipinski definition) is 3. The van der Waals surface area contributed by atoms with E-state index in [4.69, 9.17) is 0 Å². The molecule has 6 heteroatoms. The zero-order valence-electron chi connectivity index (χ0n) is 9.30. The van der Waals surface area contributed by atoms with Gasteiger partial charge in [0.2, 0.25) is 15.9 Å². The summed E-state index contributed by atoms with van der Waals surface area (Å²) >= 11 is 0. The molecule has 0 atom stereocenters. The quantitative estimate of drug-likeness (QED) is 0.773. The number of hydrogen-bond donors (Lipinski definition) is 1. The van der Waals surface area contributed by atoms with Crippen molar-refractivity contribution in [3.05, 3.63) is 29.8 Å². The van der Waals surface area contributed by atoms with Gasteiger partial charge in [-0.05, 0) is 11.6 Å². The Hall–Kier alpha value is -1.40. The highest BCUT2D eigenvalue weighted by molar-refractivity contribution is 7.88. The smallest absolute Gasteiger partial charge is 0.237 e. The minimum absolute atomic E-state index is 0.0985. The Bertz CT molecular complexity index is 603. The molecule has 2 aliphatic heterocycles. The first-order chi connectivity index (χ1) is 7.93. The number of sulfonamides is 1. The third kappa shape index (κ3) is 1.34. The number of nitrogens with zero attached hydrogens (tertiary/aromatic N) is 1. The maximum absolute atomic E-state index is 12.0. The van der Waals surface area contributed by atoms with Crippen LogP contribution in [0, 0.1) is 0 Å². The van der Waals surface area contributed by atoms with E-state index < -0.39 is 15.4 Å². The highest BCUT2D eigenvalue weighted by Crippen LogP contribution is 2.44. The Morgan fingerprint density at radius 1 is 1.29 bits per heavy atom. The number of carbonyl (C=O) groups excluding carboxylic acids is 1. The Balaban J connectivity index is 1.99. The molecule has 1 N–H and O–H groups in total. The molecule has 0 bridgehead atoms. The number of benzene rings is 1. The predicted octanol–water partition coefficient (Wildman–Crippen LogP) is 0.152. The lowest BCUT2D eigenvalue weighted by Gasteiger charge is -2.44. The number of anilines is 1. The van der Waals surface area contributed by atoms with Gasteiger partial charge in [0.1, 0.15) is 5.41 Å². The summed E-state index contributed by atoms with van der Waals surface area (Å²) in [6, 6.07) is 7.44. The van der Waals surface area contributed by atoms with Crippen LogP contribution < -0.4 is 5.32 Å². The SMILES string of the molecule is CS(=O)(=O)N1CC2(C1)C(=O)Nc1ccccc12. The van der Waals surface area contributed by atoms with Gasteiger partial charge in [-0.15, -0.1) is 0 Å². The zero-order chi connectivity index (χ0) is 12.3. The van der Waals surface area contributed by atoms with E-state index in [1.807, 2.05) is 24.3 Å². The molecule has 17 heavy (non-hydrogen) atoms. The number of para-hydroxylation sites is 1. The van der Waals surface area contributed by atoms with Crippen LogP contribution in [0.3, 0.4) is 0 Å². The summed E-state index contributed by atoms with van der Waals surface area (Å²) in [4.78, 5) is 12.0. The highest BCUT2D eigenvalue weighted by atomic mass is 32.2. The van der Waals surface area contributed by atoms with Gasteiger partial charge in [-0.25, -0.2) is 8.42 Å². The average molecular weight is 252 g/mol. The van der Waals surface area contributed by atoms with Crippen molar-refractivity contribution in [2.75, 3.05) is 24.7 Å². The fourth-order valence-electron chi connectivity index (χ4n) is 2.48. The van der Waals surface area contributed by atoms with E-state index in [1.54, 1.807) is 0 Å². The van der Waals surface area contributed by atoms with Crippen LogP contribution in [0.4, 0.5) is 5.69 Å². The van der Waals surface area contributed by atoms with Crippen LogP contribution in [0.1, 0.15) is 5.56 Å². The monoisotopic (exact) mass is 252 g/mol. The number of nitrogens with one attached hydrogen (secondary N) is 1. The van der Waals surface area contributed by atoms with Crippen LogP contribution in [0.5, 0.6) is 0 Å². The van der Waals surface area contributed by atoms with Gasteiger partial charge in [0.15, 0.2) is 0 Å². The van der Waals surface area contributed by atoms with Crippen molar-refractivity contribution < 1.29 is 13.2 Å². The lowest BCUT2D eigenvalue weighted by molar-refractivity contribution is -0.124. The van der Waals surface area contributed by atoms with E-state index >= 15 is 0 Å². The summed E-state index contributed by atoms with van der Waals surface area (Å²) < 4.78 is 24.1. The maximum atomic E-state index is 12.0. The van der Waals surface area contributed by atoms with E-state index in [0.717, 1.165) is 11.3 Å². The summed E-state index contributed by atoms with van der Waals surface area (Å²) in [5, 5.41) is 2.80. The largest absolute Gasteiger partial charge is 0.325 e.